The molecule has 76 valence electrons. The van der Waals surface area contributed by atoms with Gasteiger partial charge in [0, 0.05) is 16.6 Å². The highest BCUT2D eigenvalue weighted by molar-refractivity contribution is 6.30. The minimum Gasteiger partial charge on any atom is -0.493 e. The van der Waals surface area contributed by atoms with Gasteiger partial charge in [-0.1, -0.05) is 11.6 Å². The Balaban J connectivity index is 2.44. The van der Waals surface area contributed by atoms with Crippen LogP contribution >= 0.6 is 11.6 Å². The van der Waals surface area contributed by atoms with Crippen molar-refractivity contribution < 1.29 is 9.84 Å². The van der Waals surface area contributed by atoms with Crippen LogP contribution < -0.4 is 10.5 Å². The Hall–Kier alpha value is -0.770. The molecule has 0 amide bonds. The molecule has 1 aromatic carbocycles. The first-order valence-corrected chi connectivity index (χ1v) is 4.92. The van der Waals surface area contributed by atoms with Gasteiger partial charge in [-0.3, -0.25) is 0 Å². The molecular formula is C10H12ClNO2. The standard InChI is InChI=1S/C10H12ClNO2/c11-6-1-2-9-7(5-6)10(13)8(12)3-4-14-9/h1-2,5,8,10,13H,3-4,12H2. The smallest absolute Gasteiger partial charge is 0.125 e. The van der Waals surface area contributed by atoms with Gasteiger partial charge in [0.25, 0.3) is 0 Å². The molecule has 0 radical (unpaired) electrons. The molecule has 0 fully saturated rings. The lowest BCUT2D eigenvalue weighted by molar-refractivity contribution is 0.145. The van der Waals surface area contributed by atoms with E-state index in [1.54, 1.807) is 18.2 Å². The molecule has 3 nitrogen and oxygen atoms in total. The first kappa shape index (κ1) is 9.77. The molecule has 1 aromatic rings. The Morgan fingerprint density at radius 3 is 3.07 bits per heavy atom. The summed E-state index contributed by atoms with van der Waals surface area (Å²) in [7, 11) is 0. The highest BCUT2D eigenvalue weighted by atomic mass is 35.5. The predicted molar refractivity (Wildman–Crippen MR) is 54.5 cm³/mol. The summed E-state index contributed by atoms with van der Waals surface area (Å²) in [6.45, 7) is 0.535. The predicted octanol–water partition coefficient (Wildman–Crippen LogP) is 1.48. The maximum Gasteiger partial charge on any atom is 0.125 e. The molecule has 0 saturated heterocycles. The maximum absolute atomic E-state index is 9.87. The van der Waals surface area contributed by atoms with Crippen molar-refractivity contribution in [2.24, 2.45) is 5.73 Å². The van der Waals surface area contributed by atoms with Gasteiger partial charge in [0.1, 0.15) is 5.75 Å². The molecule has 1 aliphatic heterocycles. The molecule has 1 aliphatic rings. The van der Waals surface area contributed by atoms with E-state index in [1.807, 2.05) is 0 Å². The van der Waals surface area contributed by atoms with Crippen LogP contribution in [0.25, 0.3) is 0 Å². The van der Waals surface area contributed by atoms with E-state index in [2.05, 4.69) is 0 Å². The zero-order valence-electron chi connectivity index (χ0n) is 7.61. The molecule has 0 spiro atoms. The summed E-state index contributed by atoms with van der Waals surface area (Å²) < 4.78 is 5.45. The van der Waals surface area contributed by atoms with E-state index in [-0.39, 0.29) is 6.04 Å². The van der Waals surface area contributed by atoms with Gasteiger partial charge in [-0.15, -0.1) is 0 Å². The van der Waals surface area contributed by atoms with Crippen LogP contribution in [0.5, 0.6) is 5.75 Å². The van der Waals surface area contributed by atoms with Gasteiger partial charge in [-0.2, -0.15) is 0 Å². The van der Waals surface area contributed by atoms with E-state index in [0.717, 1.165) is 0 Å². The maximum atomic E-state index is 9.87. The summed E-state index contributed by atoms with van der Waals surface area (Å²) in [6, 6.07) is 4.92. The summed E-state index contributed by atoms with van der Waals surface area (Å²) >= 11 is 5.84. The van der Waals surface area contributed by atoms with Crippen LogP contribution in [0.4, 0.5) is 0 Å². The molecule has 3 N–H and O–H groups in total. The van der Waals surface area contributed by atoms with Gasteiger partial charge >= 0.3 is 0 Å². The lowest BCUT2D eigenvalue weighted by atomic mass is 10.0. The Morgan fingerprint density at radius 1 is 1.50 bits per heavy atom. The van der Waals surface area contributed by atoms with E-state index < -0.39 is 6.10 Å². The molecule has 0 saturated carbocycles. The molecule has 0 aromatic heterocycles. The highest BCUT2D eigenvalue weighted by Gasteiger charge is 2.24. The summed E-state index contributed by atoms with van der Waals surface area (Å²) in [5.74, 6) is 0.676. The van der Waals surface area contributed by atoms with Crippen molar-refractivity contribution in [2.45, 2.75) is 18.6 Å². The van der Waals surface area contributed by atoms with Crippen molar-refractivity contribution in [2.75, 3.05) is 6.61 Å². The molecular weight excluding hydrogens is 202 g/mol. The van der Waals surface area contributed by atoms with Gasteiger partial charge in [0.15, 0.2) is 0 Å². The second-order valence-electron chi connectivity index (χ2n) is 3.43. The molecule has 14 heavy (non-hydrogen) atoms. The Kier molecular flexibility index (Phi) is 2.63. The Labute approximate surface area is 87.4 Å². The topological polar surface area (TPSA) is 55.5 Å². The summed E-state index contributed by atoms with van der Waals surface area (Å²) in [4.78, 5) is 0. The summed E-state index contributed by atoms with van der Waals surface area (Å²) in [5, 5.41) is 10.5. The monoisotopic (exact) mass is 213 g/mol. The Morgan fingerprint density at radius 2 is 2.29 bits per heavy atom. The number of ether oxygens (including phenoxy) is 1. The summed E-state index contributed by atoms with van der Waals surface area (Å²) in [5.41, 5.74) is 6.45. The fourth-order valence-corrected chi connectivity index (χ4v) is 1.76. The van der Waals surface area contributed by atoms with Gasteiger partial charge < -0.3 is 15.6 Å². The molecule has 1 heterocycles. The molecule has 2 atom stereocenters. The SMILES string of the molecule is NC1CCOc2ccc(Cl)cc2C1O. The molecule has 2 rings (SSSR count). The average Bonchev–Trinajstić information content (AvgIpc) is 2.30. The van der Waals surface area contributed by atoms with E-state index in [1.165, 1.54) is 0 Å². The van der Waals surface area contributed by atoms with E-state index in [0.29, 0.717) is 29.4 Å². The molecule has 4 heteroatoms. The van der Waals surface area contributed by atoms with Crippen LogP contribution in [0.2, 0.25) is 5.02 Å². The molecule has 2 unspecified atom stereocenters. The Bertz CT molecular complexity index is 343. The van der Waals surface area contributed by atoms with Crippen molar-refractivity contribution >= 4 is 11.6 Å². The van der Waals surface area contributed by atoms with Crippen LogP contribution in [0, 0.1) is 0 Å². The normalized spacial score (nSPS) is 26.2. The third-order valence-corrected chi connectivity index (χ3v) is 2.64. The first-order chi connectivity index (χ1) is 6.68. The largest absolute Gasteiger partial charge is 0.493 e. The van der Waals surface area contributed by atoms with Crippen molar-refractivity contribution in [1.82, 2.24) is 0 Å². The number of nitrogens with two attached hydrogens (primary N) is 1. The van der Waals surface area contributed by atoms with Gasteiger partial charge in [-0.05, 0) is 24.6 Å². The third-order valence-electron chi connectivity index (χ3n) is 2.40. The van der Waals surface area contributed by atoms with Gasteiger partial charge in [0.2, 0.25) is 0 Å². The lowest BCUT2D eigenvalue weighted by Crippen LogP contribution is -2.28. The van der Waals surface area contributed by atoms with Crippen LogP contribution in [-0.2, 0) is 0 Å². The van der Waals surface area contributed by atoms with Crippen molar-refractivity contribution in [3.05, 3.63) is 28.8 Å². The van der Waals surface area contributed by atoms with Crippen LogP contribution in [0.1, 0.15) is 18.1 Å². The fraction of sp³-hybridized carbons (Fsp3) is 0.400. The highest BCUT2D eigenvalue weighted by Crippen LogP contribution is 2.32. The van der Waals surface area contributed by atoms with Crippen molar-refractivity contribution in [1.29, 1.82) is 0 Å². The van der Waals surface area contributed by atoms with E-state index in [4.69, 9.17) is 22.1 Å². The average molecular weight is 214 g/mol. The molecule has 0 aliphatic carbocycles. The minimum absolute atomic E-state index is 0.283. The number of fused-ring (bicyclic) bond motifs is 1. The number of rotatable bonds is 0. The zero-order chi connectivity index (χ0) is 10.1. The third kappa shape index (κ3) is 1.71. The number of hydrogen-bond acceptors (Lipinski definition) is 3. The lowest BCUT2D eigenvalue weighted by Gasteiger charge is -2.15. The fourth-order valence-electron chi connectivity index (χ4n) is 1.58. The van der Waals surface area contributed by atoms with E-state index >= 15 is 0 Å². The second-order valence-corrected chi connectivity index (χ2v) is 3.86. The first-order valence-electron chi connectivity index (χ1n) is 4.54. The second kappa shape index (κ2) is 3.77. The van der Waals surface area contributed by atoms with Gasteiger partial charge in [0.05, 0.1) is 12.7 Å². The number of aliphatic hydroxyl groups is 1. The zero-order valence-corrected chi connectivity index (χ0v) is 8.37. The molecule has 0 bridgehead atoms. The number of halogens is 1. The quantitative estimate of drug-likeness (QED) is 0.687. The van der Waals surface area contributed by atoms with Gasteiger partial charge in [-0.25, -0.2) is 0 Å². The number of hydrogen-bond donors (Lipinski definition) is 2. The number of benzene rings is 1. The van der Waals surface area contributed by atoms with Crippen LogP contribution in [0.3, 0.4) is 0 Å². The number of aliphatic hydroxyl groups excluding tert-OH is 1. The van der Waals surface area contributed by atoms with Crippen molar-refractivity contribution in [3.63, 3.8) is 0 Å². The van der Waals surface area contributed by atoms with Crippen molar-refractivity contribution in [3.8, 4) is 5.75 Å². The minimum atomic E-state index is -0.689. The summed E-state index contributed by atoms with van der Waals surface area (Å²) in [6.07, 6.45) is -0.0424. The van der Waals surface area contributed by atoms with Crippen LogP contribution in [-0.4, -0.2) is 17.8 Å². The van der Waals surface area contributed by atoms with E-state index in [9.17, 15) is 5.11 Å². The van der Waals surface area contributed by atoms with Crippen LogP contribution in [0.15, 0.2) is 18.2 Å².